The van der Waals surface area contributed by atoms with Crippen molar-refractivity contribution in [3.8, 4) is 5.75 Å². The zero-order valence-electron chi connectivity index (χ0n) is 10.9. The summed E-state index contributed by atoms with van der Waals surface area (Å²) in [5.41, 5.74) is 0.338. The van der Waals surface area contributed by atoms with Gasteiger partial charge in [0.2, 0.25) is 5.43 Å². The number of pyridine rings is 1. The van der Waals surface area contributed by atoms with Crippen LogP contribution in [0.3, 0.4) is 0 Å². The van der Waals surface area contributed by atoms with Crippen LogP contribution < -0.4 is 15.5 Å². The van der Waals surface area contributed by atoms with Gasteiger partial charge >= 0.3 is 0 Å². The van der Waals surface area contributed by atoms with Crippen molar-refractivity contribution < 1.29 is 19.0 Å². The van der Waals surface area contributed by atoms with Crippen LogP contribution in [-0.2, 0) is 11.4 Å². The van der Waals surface area contributed by atoms with E-state index in [9.17, 15) is 14.0 Å². The van der Waals surface area contributed by atoms with Crippen LogP contribution in [0.4, 0.5) is 10.1 Å². The Morgan fingerprint density at radius 1 is 1.33 bits per heavy atom. The van der Waals surface area contributed by atoms with Crippen molar-refractivity contribution in [2.45, 2.75) is 6.61 Å². The molecule has 7 heteroatoms. The lowest BCUT2D eigenvalue weighted by atomic mass is 10.3. The van der Waals surface area contributed by atoms with Gasteiger partial charge in [-0.3, -0.25) is 9.59 Å². The van der Waals surface area contributed by atoms with Gasteiger partial charge in [0.25, 0.3) is 5.91 Å². The highest BCUT2D eigenvalue weighted by atomic mass is 19.1. The zero-order valence-corrected chi connectivity index (χ0v) is 10.9. The number of aliphatic hydroxyl groups excluding tert-OH is 1. The number of amides is 1. The first kappa shape index (κ1) is 14.7. The van der Waals surface area contributed by atoms with Gasteiger partial charge in [-0.2, -0.15) is 0 Å². The molecule has 2 aromatic rings. The monoisotopic (exact) mass is 292 g/mol. The summed E-state index contributed by atoms with van der Waals surface area (Å²) in [6.07, 6.45) is 1.28. The van der Waals surface area contributed by atoms with Crippen molar-refractivity contribution in [1.29, 1.82) is 0 Å². The lowest BCUT2D eigenvalue weighted by Crippen LogP contribution is -2.22. The van der Waals surface area contributed by atoms with Crippen LogP contribution in [0.15, 0.2) is 41.3 Å². The van der Waals surface area contributed by atoms with Crippen LogP contribution in [0.25, 0.3) is 0 Å². The number of H-pyrrole nitrogens is 1. The van der Waals surface area contributed by atoms with E-state index in [-0.39, 0.29) is 19.0 Å². The number of halogens is 1. The van der Waals surface area contributed by atoms with E-state index in [1.807, 2.05) is 0 Å². The summed E-state index contributed by atoms with van der Waals surface area (Å²) in [6.45, 7) is -0.653. The van der Waals surface area contributed by atoms with Gasteiger partial charge in [0.05, 0.1) is 6.61 Å². The number of ether oxygens (including phenoxy) is 1. The van der Waals surface area contributed by atoms with Crippen molar-refractivity contribution >= 4 is 11.6 Å². The molecule has 21 heavy (non-hydrogen) atoms. The number of rotatable bonds is 5. The van der Waals surface area contributed by atoms with Gasteiger partial charge in [-0.25, -0.2) is 4.39 Å². The zero-order chi connectivity index (χ0) is 15.2. The highest BCUT2D eigenvalue weighted by Crippen LogP contribution is 2.08. The average Bonchev–Trinajstić information content (AvgIpc) is 2.48. The molecule has 0 fully saturated rings. The Morgan fingerprint density at radius 3 is 2.67 bits per heavy atom. The maximum absolute atomic E-state index is 12.7. The second-order valence-electron chi connectivity index (χ2n) is 4.19. The molecule has 0 atom stereocenters. The van der Waals surface area contributed by atoms with Gasteiger partial charge in [-0.05, 0) is 24.3 Å². The van der Waals surface area contributed by atoms with Gasteiger partial charge < -0.3 is 20.1 Å². The Bertz CT molecular complexity index is 682. The largest absolute Gasteiger partial charge is 0.478 e. The molecule has 1 amide bonds. The van der Waals surface area contributed by atoms with E-state index in [0.29, 0.717) is 11.4 Å². The molecule has 0 radical (unpaired) electrons. The van der Waals surface area contributed by atoms with Gasteiger partial charge in [0, 0.05) is 23.6 Å². The molecule has 0 saturated heterocycles. The quantitative estimate of drug-likeness (QED) is 0.767. The summed E-state index contributed by atoms with van der Waals surface area (Å²) in [4.78, 5) is 25.9. The number of carbonyl (C=O) groups excluding carboxylic acids is 1. The predicted octanol–water partition coefficient (Wildman–Crippen LogP) is 1.02. The molecule has 0 aliphatic heterocycles. The van der Waals surface area contributed by atoms with Crippen molar-refractivity contribution in [1.82, 2.24) is 4.98 Å². The second kappa shape index (κ2) is 6.67. The number of anilines is 1. The van der Waals surface area contributed by atoms with E-state index in [0.717, 1.165) is 0 Å². The standard InChI is InChI=1S/C14H13FN2O4/c15-9-1-3-10(4-2-9)17-14(20)8-21-13-6-16-11(7-18)5-12(13)19/h1-6,18H,7-8H2,(H,16,19)(H,17,20). The summed E-state index contributed by atoms with van der Waals surface area (Å²) < 4.78 is 17.8. The fraction of sp³-hybridized carbons (Fsp3) is 0.143. The minimum Gasteiger partial charge on any atom is -0.478 e. The number of hydrogen-bond acceptors (Lipinski definition) is 4. The number of aliphatic hydroxyl groups is 1. The van der Waals surface area contributed by atoms with Crippen molar-refractivity contribution in [3.63, 3.8) is 0 Å². The van der Waals surface area contributed by atoms with E-state index in [4.69, 9.17) is 9.84 Å². The first-order valence-electron chi connectivity index (χ1n) is 6.09. The fourth-order valence-electron chi connectivity index (χ4n) is 1.58. The number of benzene rings is 1. The molecule has 6 nitrogen and oxygen atoms in total. The molecule has 2 rings (SSSR count). The molecular formula is C14H13FN2O4. The summed E-state index contributed by atoms with van der Waals surface area (Å²) in [6, 6.07) is 6.45. The number of aromatic amines is 1. The molecule has 110 valence electrons. The van der Waals surface area contributed by atoms with Crippen molar-refractivity contribution in [2.75, 3.05) is 11.9 Å². The van der Waals surface area contributed by atoms with E-state index >= 15 is 0 Å². The normalized spacial score (nSPS) is 10.2. The molecule has 0 saturated carbocycles. The fourth-order valence-corrected chi connectivity index (χ4v) is 1.58. The third-order valence-corrected chi connectivity index (χ3v) is 2.59. The predicted molar refractivity (Wildman–Crippen MR) is 73.5 cm³/mol. The van der Waals surface area contributed by atoms with E-state index in [1.165, 1.54) is 36.5 Å². The molecular weight excluding hydrogens is 279 g/mol. The topological polar surface area (TPSA) is 91.4 Å². The molecule has 1 aromatic heterocycles. The van der Waals surface area contributed by atoms with Crippen LogP contribution in [0.5, 0.6) is 5.75 Å². The van der Waals surface area contributed by atoms with E-state index < -0.39 is 17.2 Å². The maximum Gasteiger partial charge on any atom is 0.262 e. The number of hydrogen-bond donors (Lipinski definition) is 3. The second-order valence-corrected chi connectivity index (χ2v) is 4.19. The van der Waals surface area contributed by atoms with Gasteiger partial charge in [-0.15, -0.1) is 0 Å². The average molecular weight is 292 g/mol. The van der Waals surface area contributed by atoms with Crippen LogP contribution in [0.2, 0.25) is 0 Å². The third-order valence-electron chi connectivity index (χ3n) is 2.59. The van der Waals surface area contributed by atoms with E-state index in [2.05, 4.69) is 10.3 Å². The maximum atomic E-state index is 12.7. The molecule has 0 bridgehead atoms. The number of aromatic nitrogens is 1. The SMILES string of the molecule is O=C(COc1c[nH]c(CO)cc1=O)Nc1ccc(F)cc1. The van der Waals surface area contributed by atoms with E-state index in [1.54, 1.807) is 0 Å². The number of nitrogens with one attached hydrogen (secondary N) is 2. The van der Waals surface area contributed by atoms with Crippen LogP contribution in [0, 0.1) is 5.82 Å². The van der Waals surface area contributed by atoms with Crippen LogP contribution >= 0.6 is 0 Å². The number of carbonyl (C=O) groups is 1. The Labute approximate surface area is 119 Å². The molecule has 3 N–H and O–H groups in total. The van der Waals surface area contributed by atoms with Crippen molar-refractivity contribution in [3.05, 3.63) is 58.3 Å². The van der Waals surface area contributed by atoms with Crippen LogP contribution in [0.1, 0.15) is 5.69 Å². The molecule has 1 aromatic carbocycles. The lowest BCUT2D eigenvalue weighted by Gasteiger charge is -2.07. The Kier molecular flexibility index (Phi) is 4.68. The Hall–Kier alpha value is -2.67. The smallest absolute Gasteiger partial charge is 0.262 e. The first-order chi connectivity index (χ1) is 10.1. The molecule has 1 heterocycles. The molecule has 0 aliphatic rings. The summed E-state index contributed by atoms with van der Waals surface area (Å²) >= 11 is 0. The lowest BCUT2D eigenvalue weighted by molar-refractivity contribution is -0.118. The highest BCUT2D eigenvalue weighted by molar-refractivity contribution is 5.91. The molecule has 0 unspecified atom stereocenters. The molecule has 0 spiro atoms. The van der Waals surface area contributed by atoms with Crippen molar-refractivity contribution in [2.24, 2.45) is 0 Å². The first-order valence-corrected chi connectivity index (χ1v) is 6.09. The summed E-state index contributed by atoms with van der Waals surface area (Å²) in [7, 11) is 0. The Balaban J connectivity index is 1.92. The highest BCUT2D eigenvalue weighted by Gasteiger charge is 2.07. The van der Waals surface area contributed by atoms with Crippen LogP contribution in [-0.4, -0.2) is 22.6 Å². The van der Waals surface area contributed by atoms with Gasteiger partial charge in [0.15, 0.2) is 12.4 Å². The third kappa shape index (κ3) is 4.15. The summed E-state index contributed by atoms with van der Waals surface area (Å²) in [5, 5.41) is 11.4. The minimum atomic E-state index is -0.479. The minimum absolute atomic E-state index is 0.0264. The van der Waals surface area contributed by atoms with Gasteiger partial charge in [-0.1, -0.05) is 0 Å². The molecule has 0 aliphatic carbocycles. The Morgan fingerprint density at radius 2 is 2.05 bits per heavy atom. The van der Waals surface area contributed by atoms with Gasteiger partial charge in [0.1, 0.15) is 5.82 Å². The summed E-state index contributed by atoms with van der Waals surface area (Å²) in [5.74, 6) is -0.909.